The van der Waals surface area contributed by atoms with Crippen LogP contribution in [0.2, 0.25) is 0 Å². The molecule has 0 unspecified atom stereocenters. The molecule has 2 rings (SSSR count). The number of aliphatic hydroxyl groups excluding tert-OH is 1. The first kappa shape index (κ1) is 11.3. The first-order valence-corrected chi connectivity index (χ1v) is 5.23. The molecule has 0 saturated heterocycles. The van der Waals surface area contributed by atoms with E-state index in [-0.39, 0.29) is 24.4 Å². The highest BCUT2D eigenvalue weighted by Crippen LogP contribution is 2.18. The average molecular weight is 231 g/mol. The quantitative estimate of drug-likeness (QED) is 0.805. The fourth-order valence-corrected chi connectivity index (χ4v) is 1.63. The third-order valence-corrected chi connectivity index (χ3v) is 2.47. The van der Waals surface area contributed by atoms with Crippen LogP contribution in [0.25, 0.3) is 11.1 Å². The molecule has 0 fully saturated rings. The third-order valence-electron chi connectivity index (χ3n) is 2.47. The fraction of sp³-hybridized carbons (Fsp3) is 0.167. The molecule has 0 atom stereocenters. The Morgan fingerprint density at radius 2 is 2.00 bits per heavy atom. The fourth-order valence-electron chi connectivity index (χ4n) is 1.63. The van der Waals surface area contributed by atoms with E-state index in [0.717, 1.165) is 11.1 Å². The highest BCUT2D eigenvalue weighted by molar-refractivity contribution is 5.65. The van der Waals surface area contributed by atoms with E-state index in [2.05, 4.69) is 4.98 Å². The van der Waals surface area contributed by atoms with Gasteiger partial charge in [-0.1, -0.05) is 0 Å². The van der Waals surface area contributed by atoms with Crippen LogP contribution in [0.4, 0.5) is 5.69 Å². The molecule has 0 aliphatic carbocycles. The first-order chi connectivity index (χ1) is 8.22. The van der Waals surface area contributed by atoms with Crippen molar-refractivity contribution in [3.63, 3.8) is 0 Å². The van der Waals surface area contributed by atoms with Crippen LogP contribution >= 0.6 is 0 Å². The van der Waals surface area contributed by atoms with Gasteiger partial charge in [-0.15, -0.1) is 0 Å². The Kier molecular flexibility index (Phi) is 3.20. The second-order valence-electron chi connectivity index (χ2n) is 3.64. The third kappa shape index (κ3) is 2.34. The summed E-state index contributed by atoms with van der Waals surface area (Å²) in [6, 6.07) is 5.30. The van der Waals surface area contributed by atoms with Crippen LogP contribution in [0.1, 0.15) is 0 Å². The number of rotatable bonds is 3. The Morgan fingerprint density at radius 3 is 2.65 bits per heavy atom. The zero-order valence-corrected chi connectivity index (χ0v) is 9.21. The van der Waals surface area contributed by atoms with E-state index in [1.165, 1.54) is 4.57 Å². The van der Waals surface area contributed by atoms with Crippen LogP contribution < -0.4 is 11.3 Å². The highest BCUT2D eigenvalue weighted by atomic mass is 16.3. The summed E-state index contributed by atoms with van der Waals surface area (Å²) < 4.78 is 1.41. The Labute approximate surface area is 98.2 Å². The SMILES string of the molecule is Nc1cc(-c2ccncc2)cn(CCO)c1=O. The predicted molar refractivity (Wildman–Crippen MR) is 65.4 cm³/mol. The lowest BCUT2D eigenvalue weighted by Gasteiger charge is -2.08. The number of nitrogen functional groups attached to an aromatic ring is 1. The van der Waals surface area contributed by atoms with Crippen LogP contribution in [0.3, 0.4) is 0 Å². The van der Waals surface area contributed by atoms with E-state index >= 15 is 0 Å². The lowest BCUT2D eigenvalue weighted by atomic mass is 10.1. The van der Waals surface area contributed by atoms with Crippen LogP contribution in [0.5, 0.6) is 0 Å². The smallest absolute Gasteiger partial charge is 0.273 e. The summed E-state index contributed by atoms with van der Waals surface area (Å²) in [6.45, 7) is 0.140. The average Bonchev–Trinajstić information content (AvgIpc) is 2.36. The minimum atomic E-state index is -0.281. The van der Waals surface area contributed by atoms with Crippen molar-refractivity contribution in [3.8, 4) is 11.1 Å². The van der Waals surface area contributed by atoms with Gasteiger partial charge in [-0.05, 0) is 23.8 Å². The van der Waals surface area contributed by atoms with Crippen LogP contribution in [-0.4, -0.2) is 21.3 Å². The second kappa shape index (κ2) is 4.80. The summed E-state index contributed by atoms with van der Waals surface area (Å²) in [7, 11) is 0. The molecule has 88 valence electrons. The number of aromatic nitrogens is 2. The van der Waals surface area contributed by atoms with Gasteiger partial charge in [0.05, 0.1) is 12.3 Å². The first-order valence-electron chi connectivity index (χ1n) is 5.23. The van der Waals surface area contributed by atoms with Crippen molar-refractivity contribution in [1.82, 2.24) is 9.55 Å². The van der Waals surface area contributed by atoms with Crippen molar-refractivity contribution in [1.29, 1.82) is 0 Å². The summed E-state index contributed by atoms with van der Waals surface area (Å²) in [6.07, 6.45) is 5.03. The van der Waals surface area contributed by atoms with Gasteiger partial charge < -0.3 is 15.4 Å². The monoisotopic (exact) mass is 231 g/mol. The van der Waals surface area contributed by atoms with Gasteiger partial charge in [-0.3, -0.25) is 9.78 Å². The summed E-state index contributed by atoms with van der Waals surface area (Å²) in [5.41, 5.74) is 7.31. The largest absolute Gasteiger partial charge is 0.395 e. The number of hydrogen-bond donors (Lipinski definition) is 2. The van der Waals surface area contributed by atoms with Crippen molar-refractivity contribution < 1.29 is 5.11 Å². The molecule has 0 amide bonds. The van der Waals surface area contributed by atoms with Gasteiger partial charge in [0.2, 0.25) is 0 Å². The maximum atomic E-state index is 11.7. The maximum Gasteiger partial charge on any atom is 0.273 e. The topological polar surface area (TPSA) is 81.1 Å². The molecule has 5 nitrogen and oxygen atoms in total. The molecule has 0 aromatic carbocycles. The molecule has 0 aliphatic rings. The molecule has 17 heavy (non-hydrogen) atoms. The zero-order chi connectivity index (χ0) is 12.3. The standard InChI is InChI=1S/C12H13N3O2/c13-11-7-10(9-1-3-14-4-2-9)8-15(5-6-16)12(11)17/h1-4,7-8,16H,5-6,13H2. The lowest BCUT2D eigenvalue weighted by Crippen LogP contribution is -2.23. The van der Waals surface area contributed by atoms with Gasteiger partial charge in [0.15, 0.2) is 0 Å². The van der Waals surface area contributed by atoms with Gasteiger partial charge in [-0.25, -0.2) is 0 Å². The second-order valence-corrected chi connectivity index (χ2v) is 3.64. The maximum absolute atomic E-state index is 11.7. The number of nitrogens with zero attached hydrogens (tertiary/aromatic N) is 2. The molecule has 0 bridgehead atoms. The molecule has 0 aliphatic heterocycles. The van der Waals surface area contributed by atoms with Crippen molar-refractivity contribution in [2.24, 2.45) is 0 Å². The summed E-state index contributed by atoms with van der Waals surface area (Å²) in [5, 5.41) is 8.89. The molecule has 2 aromatic heterocycles. The van der Waals surface area contributed by atoms with E-state index in [1.54, 1.807) is 24.7 Å². The molecule has 3 N–H and O–H groups in total. The molecular weight excluding hydrogens is 218 g/mol. The van der Waals surface area contributed by atoms with Crippen LogP contribution in [0, 0.1) is 0 Å². The Morgan fingerprint density at radius 1 is 1.29 bits per heavy atom. The van der Waals surface area contributed by atoms with Crippen LogP contribution in [0.15, 0.2) is 41.6 Å². The highest BCUT2D eigenvalue weighted by Gasteiger charge is 2.05. The number of nitrogens with two attached hydrogens (primary N) is 1. The van der Waals surface area contributed by atoms with Crippen molar-refractivity contribution in [2.45, 2.75) is 6.54 Å². The van der Waals surface area contributed by atoms with E-state index in [1.807, 2.05) is 12.1 Å². The minimum absolute atomic E-state index is 0.0981. The molecular formula is C12H13N3O2. The van der Waals surface area contributed by atoms with Crippen molar-refractivity contribution in [3.05, 3.63) is 47.1 Å². The normalized spacial score (nSPS) is 10.4. The van der Waals surface area contributed by atoms with Gasteiger partial charge in [0.25, 0.3) is 5.56 Å². The van der Waals surface area contributed by atoms with E-state index in [4.69, 9.17) is 10.8 Å². The molecule has 2 heterocycles. The van der Waals surface area contributed by atoms with Crippen molar-refractivity contribution >= 4 is 5.69 Å². The number of aliphatic hydroxyl groups is 1. The Balaban J connectivity index is 2.53. The zero-order valence-electron chi connectivity index (χ0n) is 9.21. The predicted octanol–water partition coefficient (Wildman–Crippen LogP) is 0.485. The van der Waals surface area contributed by atoms with E-state index < -0.39 is 0 Å². The molecule has 0 radical (unpaired) electrons. The number of pyridine rings is 2. The van der Waals surface area contributed by atoms with E-state index in [0.29, 0.717) is 0 Å². The van der Waals surface area contributed by atoms with Gasteiger partial charge >= 0.3 is 0 Å². The van der Waals surface area contributed by atoms with E-state index in [9.17, 15) is 4.79 Å². The number of hydrogen-bond acceptors (Lipinski definition) is 4. The van der Waals surface area contributed by atoms with Gasteiger partial charge in [0, 0.05) is 30.7 Å². The van der Waals surface area contributed by atoms with Gasteiger partial charge in [-0.2, -0.15) is 0 Å². The summed E-state index contributed by atoms with van der Waals surface area (Å²) in [5.74, 6) is 0. The summed E-state index contributed by atoms with van der Waals surface area (Å²) >= 11 is 0. The molecule has 5 heteroatoms. The molecule has 0 spiro atoms. The Hall–Kier alpha value is -2.14. The van der Waals surface area contributed by atoms with Crippen LogP contribution in [-0.2, 0) is 6.54 Å². The number of anilines is 1. The molecule has 2 aromatic rings. The Bertz CT molecular complexity index is 564. The van der Waals surface area contributed by atoms with Gasteiger partial charge in [0.1, 0.15) is 0 Å². The summed E-state index contributed by atoms with van der Waals surface area (Å²) in [4.78, 5) is 15.6. The van der Waals surface area contributed by atoms with Crippen molar-refractivity contribution in [2.75, 3.05) is 12.3 Å². The molecule has 0 saturated carbocycles. The minimum Gasteiger partial charge on any atom is -0.395 e. The lowest BCUT2D eigenvalue weighted by molar-refractivity contribution is 0.274.